The van der Waals surface area contributed by atoms with E-state index in [0.29, 0.717) is 11.3 Å². The third-order valence-electron chi connectivity index (χ3n) is 4.98. The van der Waals surface area contributed by atoms with Crippen LogP contribution in [-0.2, 0) is 21.3 Å². The number of para-hydroxylation sites is 1. The second-order valence-electron chi connectivity index (χ2n) is 7.48. The molecule has 7 nitrogen and oxygen atoms in total. The molecule has 0 atom stereocenters. The van der Waals surface area contributed by atoms with E-state index in [2.05, 4.69) is 5.32 Å². The summed E-state index contributed by atoms with van der Waals surface area (Å²) < 4.78 is 31.5. The van der Waals surface area contributed by atoms with Crippen LogP contribution in [0.4, 0.5) is 11.4 Å². The first-order valence-corrected chi connectivity index (χ1v) is 12.3. The molecule has 0 bridgehead atoms. The van der Waals surface area contributed by atoms with Crippen LogP contribution in [0.5, 0.6) is 0 Å². The number of sulfonamides is 1. The largest absolute Gasteiger partial charge is 0.462 e. The number of hydrogen-bond donors (Lipinski definition) is 1. The SMILES string of the molecule is CCOC(=O)c1ccc(C)c(NC(=O)c2ccccc2N(Cc2ccccc2)S(C)(=O)=O)c1. The Labute approximate surface area is 194 Å². The number of aryl methyl sites for hydroxylation is 1. The van der Waals surface area contributed by atoms with Crippen LogP contribution in [0.1, 0.15) is 38.8 Å². The molecule has 33 heavy (non-hydrogen) atoms. The van der Waals surface area contributed by atoms with Crippen LogP contribution in [0.15, 0.2) is 72.8 Å². The molecule has 0 heterocycles. The van der Waals surface area contributed by atoms with Crippen molar-refractivity contribution in [1.29, 1.82) is 0 Å². The topological polar surface area (TPSA) is 92.8 Å². The maximum atomic E-state index is 13.2. The molecule has 1 N–H and O–H groups in total. The lowest BCUT2D eigenvalue weighted by Crippen LogP contribution is -2.31. The van der Waals surface area contributed by atoms with Gasteiger partial charge in [-0.2, -0.15) is 0 Å². The molecular formula is C25H26N2O5S. The third kappa shape index (κ3) is 5.98. The summed E-state index contributed by atoms with van der Waals surface area (Å²) in [6.45, 7) is 3.84. The minimum absolute atomic E-state index is 0.0847. The van der Waals surface area contributed by atoms with Gasteiger partial charge in [-0.05, 0) is 49.2 Å². The predicted octanol–water partition coefficient (Wildman–Crippen LogP) is 4.39. The number of amides is 1. The maximum absolute atomic E-state index is 13.2. The summed E-state index contributed by atoms with van der Waals surface area (Å²) in [5.74, 6) is -0.976. The number of ether oxygens (including phenoxy) is 1. The van der Waals surface area contributed by atoms with E-state index in [4.69, 9.17) is 4.74 Å². The first kappa shape index (κ1) is 24.0. The monoisotopic (exact) mass is 466 g/mol. The van der Waals surface area contributed by atoms with Crippen LogP contribution >= 0.6 is 0 Å². The van der Waals surface area contributed by atoms with Crippen molar-refractivity contribution in [1.82, 2.24) is 0 Å². The van der Waals surface area contributed by atoms with E-state index in [0.717, 1.165) is 17.4 Å². The minimum Gasteiger partial charge on any atom is -0.462 e. The Hall–Kier alpha value is -3.65. The molecule has 3 aromatic carbocycles. The van der Waals surface area contributed by atoms with Gasteiger partial charge in [0.15, 0.2) is 0 Å². The molecule has 172 valence electrons. The van der Waals surface area contributed by atoms with Gasteiger partial charge in [-0.3, -0.25) is 9.10 Å². The zero-order valence-electron chi connectivity index (χ0n) is 18.7. The number of esters is 1. The second-order valence-corrected chi connectivity index (χ2v) is 9.38. The number of rotatable bonds is 8. The molecule has 0 unspecified atom stereocenters. The Morgan fingerprint density at radius 1 is 0.970 bits per heavy atom. The van der Waals surface area contributed by atoms with Crippen LogP contribution in [0.2, 0.25) is 0 Å². The van der Waals surface area contributed by atoms with Gasteiger partial charge in [0, 0.05) is 5.69 Å². The van der Waals surface area contributed by atoms with Gasteiger partial charge in [0.1, 0.15) is 0 Å². The number of hydrogen-bond acceptors (Lipinski definition) is 5. The summed E-state index contributed by atoms with van der Waals surface area (Å²) in [6.07, 6.45) is 1.11. The van der Waals surface area contributed by atoms with Crippen LogP contribution in [0.25, 0.3) is 0 Å². The van der Waals surface area contributed by atoms with Crippen molar-refractivity contribution in [3.8, 4) is 0 Å². The van der Waals surface area contributed by atoms with Gasteiger partial charge in [0.2, 0.25) is 10.0 Å². The normalized spacial score (nSPS) is 11.0. The highest BCUT2D eigenvalue weighted by atomic mass is 32.2. The van der Waals surface area contributed by atoms with E-state index >= 15 is 0 Å². The average Bonchev–Trinajstić information content (AvgIpc) is 2.79. The molecular weight excluding hydrogens is 440 g/mol. The summed E-state index contributed by atoms with van der Waals surface area (Å²) in [4.78, 5) is 25.3. The standard InChI is InChI=1S/C25H26N2O5S/c1-4-32-25(29)20-15-14-18(2)22(16-20)26-24(28)21-12-8-9-13-23(21)27(33(3,30)31)17-19-10-6-5-7-11-19/h5-16H,4,17H2,1-3H3,(H,26,28). The summed E-state index contributed by atoms with van der Waals surface area (Å²) in [5, 5.41) is 2.81. The number of nitrogens with one attached hydrogen (secondary N) is 1. The molecule has 3 rings (SSSR count). The summed E-state index contributed by atoms with van der Waals surface area (Å²) in [5.41, 5.74) is 2.75. The maximum Gasteiger partial charge on any atom is 0.338 e. The van der Waals surface area contributed by atoms with Crippen LogP contribution in [-0.4, -0.2) is 33.2 Å². The smallest absolute Gasteiger partial charge is 0.338 e. The molecule has 0 aromatic heterocycles. The number of carbonyl (C=O) groups is 2. The van der Waals surface area contributed by atoms with Gasteiger partial charge >= 0.3 is 5.97 Å². The summed E-state index contributed by atoms with van der Waals surface area (Å²) >= 11 is 0. The van der Waals surface area contributed by atoms with E-state index in [1.54, 1.807) is 56.3 Å². The molecule has 0 aliphatic rings. The highest BCUT2D eigenvalue weighted by Gasteiger charge is 2.24. The summed E-state index contributed by atoms with van der Waals surface area (Å²) in [7, 11) is -3.69. The number of anilines is 2. The number of carbonyl (C=O) groups excluding carboxylic acids is 2. The summed E-state index contributed by atoms with van der Waals surface area (Å²) in [6, 6.07) is 20.6. The van der Waals surface area contributed by atoms with E-state index in [9.17, 15) is 18.0 Å². The van der Waals surface area contributed by atoms with E-state index < -0.39 is 21.9 Å². The van der Waals surface area contributed by atoms with Gasteiger partial charge in [-0.1, -0.05) is 48.5 Å². The van der Waals surface area contributed by atoms with Crippen molar-refractivity contribution in [2.45, 2.75) is 20.4 Å². The highest BCUT2D eigenvalue weighted by Crippen LogP contribution is 2.27. The lowest BCUT2D eigenvalue weighted by molar-refractivity contribution is 0.0526. The molecule has 0 fully saturated rings. The third-order valence-corrected chi connectivity index (χ3v) is 6.11. The lowest BCUT2D eigenvalue weighted by Gasteiger charge is -2.25. The van der Waals surface area contributed by atoms with Crippen LogP contribution in [0, 0.1) is 6.92 Å². The van der Waals surface area contributed by atoms with Crippen LogP contribution < -0.4 is 9.62 Å². The average molecular weight is 467 g/mol. The number of benzene rings is 3. The van der Waals surface area contributed by atoms with Crippen molar-refractivity contribution in [3.63, 3.8) is 0 Å². The molecule has 0 radical (unpaired) electrons. The molecule has 1 amide bonds. The number of nitrogens with zero attached hydrogens (tertiary/aromatic N) is 1. The van der Waals surface area contributed by atoms with Gasteiger partial charge in [-0.25, -0.2) is 13.2 Å². The van der Waals surface area contributed by atoms with Gasteiger partial charge in [0.05, 0.1) is 36.2 Å². The second kappa shape index (κ2) is 10.3. The van der Waals surface area contributed by atoms with Crippen molar-refractivity contribution in [2.24, 2.45) is 0 Å². The van der Waals surface area contributed by atoms with Crippen molar-refractivity contribution < 1.29 is 22.7 Å². The molecule has 0 saturated heterocycles. The first-order valence-electron chi connectivity index (χ1n) is 10.4. The Kier molecular flexibility index (Phi) is 7.50. The molecule has 3 aromatic rings. The minimum atomic E-state index is -3.69. The van der Waals surface area contributed by atoms with Gasteiger partial charge in [0.25, 0.3) is 5.91 Å². The quantitative estimate of drug-likeness (QED) is 0.497. The Morgan fingerprint density at radius 2 is 1.64 bits per heavy atom. The lowest BCUT2D eigenvalue weighted by atomic mass is 10.1. The Morgan fingerprint density at radius 3 is 2.30 bits per heavy atom. The Bertz CT molecular complexity index is 1260. The van der Waals surface area contributed by atoms with Crippen molar-refractivity contribution in [2.75, 3.05) is 22.5 Å². The fourth-order valence-electron chi connectivity index (χ4n) is 3.30. The highest BCUT2D eigenvalue weighted by molar-refractivity contribution is 7.92. The molecule has 0 spiro atoms. The van der Waals surface area contributed by atoms with E-state index in [1.165, 1.54) is 4.31 Å². The fourth-order valence-corrected chi connectivity index (χ4v) is 4.20. The van der Waals surface area contributed by atoms with Gasteiger partial charge in [-0.15, -0.1) is 0 Å². The van der Waals surface area contributed by atoms with Crippen LogP contribution in [0.3, 0.4) is 0 Å². The molecule has 0 saturated carbocycles. The Balaban J connectivity index is 1.96. The van der Waals surface area contributed by atoms with Crippen molar-refractivity contribution >= 4 is 33.3 Å². The zero-order chi connectivity index (χ0) is 24.0. The molecule has 0 aliphatic heterocycles. The molecule has 8 heteroatoms. The van der Waals surface area contributed by atoms with E-state index in [-0.39, 0.29) is 24.4 Å². The molecule has 0 aliphatic carbocycles. The first-order chi connectivity index (χ1) is 15.7. The zero-order valence-corrected chi connectivity index (χ0v) is 19.6. The fraction of sp³-hybridized carbons (Fsp3) is 0.200. The predicted molar refractivity (Wildman–Crippen MR) is 129 cm³/mol. The van der Waals surface area contributed by atoms with E-state index in [1.807, 2.05) is 30.3 Å². The van der Waals surface area contributed by atoms with Gasteiger partial charge < -0.3 is 10.1 Å². The van der Waals surface area contributed by atoms with Crippen molar-refractivity contribution in [3.05, 3.63) is 95.1 Å².